The van der Waals surface area contributed by atoms with E-state index in [1.54, 1.807) is 48.5 Å². The van der Waals surface area contributed by atoms with Crippen molar-refractivity contribution in [3.63, 3.8) is 0 Å². The summed E-state index contributed by atoms with van der Waals surface area (Å²) in [5.41, 5.74) is 9.50. The van der Waals surface area contributed by atoms with E-state index >= 15 is 0 Å². The Morgan fingerprint density at radius 2 is 1.39 bits per heavy atom. The van der Waals surface area contributed by atoms with Crippen LogP contribution in [0.5, 0.6) is 0 Å². The first-order valence-electron chi connectivity index (χ1n) is 11.9. The molecule has 0 aromatic heterocycles. The maximum atomic E-state index is 13.6. The van der Waals surface area contributed by atoms with Crippen molar-refractivity contribution in [1.29, 1.82) is 10.5 Å². The van der Waals surface area contributed by atoms with E-state index < -0.39 is 0 Å². The van der Waals surface area contributed by atoms with Gasteiger partial charge < -0.3 is 16.0 Å². The first kappa shape index (κ1) is 24.7. The maximum absolute atomic E-state index is 13.6. The quantitative estimate of drug-likeness (QED) is 0.537. The first-order chi connectivity index (χ1) is 17.5. The van der Waals surface area contributed by atoms with E-state index in [4.69, 9.17) is 16.3 Å². The van der Waals surface area contributed by atoms with E-state index in [9.17, 15) is 9.59 Å². The number of nitriles is 2. The van der Waals surface area contributed by atoms with Gasteiger partial charge in [0.2, 0.25) is 0 Å². The lowest BCUT2D eigenvalue weighted by molar-refractivity contribution is 0.0607. The number of hydrogen-bond acceptors (Lipinski definition) is 5. The van der Waals surface area contributed by atoms with E-state index in [0.717, 1.165) is 31.2 Å². The van der Waals surface area contributed by atoms with Crippen molar-refractivity contribution in [2.24, 2.45) is 5.73 Å². The van der Waals surface area contributed by atoms with E-state index in [0.29, 0.717) is 34.5 Å². The number of carbonyl (C=O) groups is 2. The van der Waals surface area contributed by atoms with Crippen molar-refractivity contribution in [2.45, 2.75) is 44.3 Å². The Balaban J connectivity index is 1.59. The molecule has 3 aromatic carbocycles. The Labute approximate surface area is 210 Å². The van der Waals surface area contributed by atoms with Crippen LogP contribution in [0.25, 0.3) is 0 Å². The zero-order chi connectivity index (χ0) is 25.5. The van der Waals surface area contributed by atoms with Crippen molar-refractivity contribution < 1.29 is 9.59 Å². The smallest absolute Gasteiger partial charge is 0.255 e. The third kappa shape index (κ3) is 5.78. The van der Waals surface area contributed by atoms with Gasteiger partial charge in [-0.2, -0.15) is 10.5 Å². The lowest BCUT2D eigenvalue weighted by Crippen LogP contribution is -2.44. The van der Waals surface area contributed by atoms with Crippen LogP contribution < -0.4 is 11.1 Å². The fourth-order valence-electron chi connectivity index (χ4n) is 4.49. The molecule has 36 heavy (non-hydrogen) atoms. The van der Waals surface area contributed by atoms with Gasteiger partial charge >= 0.3 is 0 Å². The molecule has 1 aliphatic rings. The van der Waals surface area contributed by atoms with E-state index in [1.807, 2.05) is 35.2 Å². The Bertz CT molecular complexity index is 1310. The molecule has 3 aromatic rings. The molecule has 1 aliphatic carbocycles. The second-order valence-corrected chi connectivity index (χ2v) is 8.99. The number of hydrogen-bond donors (Lipinski definition) is 2. The molecule has 7 heteroatoms. The number of nitrogens with zero attached hydrogens (tertiary/aromatic N) is 3. The van der Waals surface area contributed by atoms with Crippen molar-refractivity contribution >= 4 is 17.5 Å². The summed E-state index contributed by atoms with van der Waals surface area (Å²) >= 11 is 0. The number of amides is 2. The van der Waals surface area contributed by atoms with Gasteiger partial charge in [-0.05, 0) is 85.8 Å². The van der Waals surface area contributed by atoms with Gasteiger partial charge in [0, 0.05) is 35.4 Å². The van der Waals surface area contributed by atoms with Gasteiger partial charge in [-0.1, -0.05) is 18.2 Å². The average molecular weight is 478 g/mol. The Kier molecular flexibility index (Phi) is 7.75. The van der Waals surface area contributed by atoms with Gasteiger partial charge in [0.15, 0.2) is 0 Å². The molecule has 0 atom stereocenters. The van der Waals surface area contributed by atoms with E-state index in [1.165, 1.54) is 0 Å². The first-order valence-corrected chi connectivity index (χ1v) is 11.9. The monoisotopic (exact) mass is 477 g/mol. The molecule has 0 saturated heterocycles. The van der Waals surface area contributed by atoms with Gasteiger partial charge in [0.05, 0.1) is 23.3 Å². The van der Waals surface area contributed by atoms with E-state index in [2.05, 4.69) is 11.4 Å². The van der Waals surface area contributed by atoms with Crippen LogP contribution in [-0.2, 0) is 6.54 Å². The number of nitrogens with one attached hydrogen (secondary N) is 1. The fourth-order valence-corrected chi connectivity index (χ4v) is 4.49. The van der Waals surface area contributed by atoms with Crippen molar-refractivity contribution in [3.8, 4) is 12.1 Å². The lowest BCUT2D eigenvalue weighted by Gasteiger charge is -2.36. The normalized spacial score (nSPS) is 16.9. The second kappa shape index (κ2) is 11.3. The summed E-state index contributed by atoms with van der Waals surface area (Å²) in [7, 11) is 0. The standard InChI is InChI=1S/C29H27N5O2/c30-17-20-5-9-22(10-6-20)28(35)33-27-4-2-1-3-24(27)19-34(26-15-13-25(32)14-16-26)29(36)23-11-7-21(18-31)8-12-23/h1-12,25-26H,13-16,19,32H2,(H,33,35). The number of anilines is 1. The molecule has 0 bridgehead atoms. The molecule has 0 spiro atoms. The summed E-state index contributed by atoms with van der Waals surface area (Å²) in [5, 5.41) is 21.1. The van der Waals surface area contributed by atoms with Gasteiger partial charge in [-0.25, -0.2) is 0 Å². The highest BCUT2D eigenvalue weighted by molar-refractivity contribution is 6.04. The lowest BCUT2D eigenvalue weighted by atomic mass is 9.90. The topological polar surface area (TPSA) is 123 Å². The van der Waals surface area contributed by atoms with Crippen molar-refractivity contribution in [3.05, 3.63) is 101 Å². The highest BCUT2D eigenvalue weighted by atomic mass is 16.2. The summed E-state index contributed by atoms with van der Waals surface area (Å²) in [6, 6.07) is 24.8. The van der Waals surface area contributed by atoms with Crippen LogP contribution in [0.15, 0.2) is 72.8 Å². The second-order valence-electron chi connectivity index (χ2n) is 8.99. The summed E-state index contributed by atoms with van der Waals surface area (Å²) < 4.78 is 0. The van der Waals surface area contributed by atoms with Crippen LogP contribution in [0.2, 0.25) is 0 Å². The number of nitrogens with two attached hydrogens (primary N) is 1. The number of benzene rings is 3. The summed E-state index contributed by atoms with van der Waals surface area (Å²) in [5.74, 6) is -0.409. The van der Waals surface area contributed by atoms with Crippen LogP contribution in [0.3, 0.4) is 0 Å². The third-order valence-corrected chi connectivity index (χ3v) is 6.59. The van der Waals surface area contributed by atoms with Crippen LogP contribution in [0.4, 0.5) is 5.69 Å². The molecule has 2 amide bonds. The van der Waals surface area contributed by atoms with Crippen molar-refractivity contribution in [2.75, 3.05) is 5.32 Å². The predicted octanol–water partition coefficient (Wildman–Crippen LogP) is 4.59. The summed E-state index contributed by atoms with van der Waals surface area (Å²) in [4.78, 5) is 28.4. The molecule has 1 saturated carbocycles. The zero-order valence-electron chi connectivity index (χ0n) is 19.9. The van der Waals surface area contributed by atoms with Gasteiger partial charge in [-0.3, -0.25) is 9.59 Å². The fraction of sp³-hybridized carbons (Fsp3) is 0.241. The Morgan fingerprint density at radius 1 is 0.833 bits per heavy atom. The van der Waals surface area contributed by atoms with Crippen molar-refractivity contribution in [1.82, 2.24) is 4.90 Å². The van der Waals surface area contributed by atoms with Crippen LogP contribution in [0.1, 0.15) is 63.1 Å². The predicted molar refractivity (Wildman–Crippen MR) is 137 cm³/mol. The highest BCUT2D eigenvalue weighted by Crippen LogP contribution is 2.28. The minimum atomic E-state index is -0.291. The highest BCUT2D eigenvalue weighted by Gasteiger charge is 2.29. The largest absolute Gasteiger partial charge is 0.331 e. The molecule has 7 nitrogen and oxygen atoms in total. The molecule has 3 N–H and O–H groups in total. The molecule has 180 valence electrons. The van der Waals surface area contributed by atoms with Crippen LogP contribution in [0, 0.1) is 22.7 Å². The molecular formula is C29H27N5O2. The number of rotatable bonds is 6. The van der Waals surface area contributed by atoms with Gasteiger partial charge in [0.25, 0.3) is 11.8 Å². The Morgan fingerprint density at radius 3 is 1.97 bits per heavy atom. The minimum absolute atomic E-state index is 0.0234. The number of carbonyl (C=O) groups excluding carboxylic acids is 2. The van der Waals surface area contributed by atoms with Gasteiger partial charge in [-0.15, -0.1) is 0 Å². The summed E-state index contributed by atoms with van der Waals surface area (Å²) in [6.45, 7) is 0.322. The molecular weight excluding hydrogens is 450 g/mol. The maximum Gasteiger partial charge on any atom is 0.255 e. The third-order valence-electron chi connectivity index (χ3n) is 6.59. The molecule has 0 heterocycles. The minimum Gasteiger partial charge on any atom is -0.331 e. The average Bonchev–Trinajstić information content (AvgIpc) is 2.93. The van der Waals surface area contributed by atoms with Crippen LogP contribution >= 0.6 is 0 Å². The van der Waals surface area contributed by atoms with Gasteiger partial charge in [0.1, 0.15) is 0 Å². The summed E-state index contributed by atoms with van der Waals surface area (Å²) in [6.07, 6.45) is 3.31. The SMILES string of the molecule is N#Cc1ccc(C(=O)Nc2ccccc2CN(C(=O)c2ccc(C#N)cc2)C2CCC(N)CC2)cc1. The Hall–Kier alpha value is -4.46. The molecule has 4 rings (SSSR count). The van der Waals surface area contributed by atoms with E-state index in [-0.39, 0.29) is 23.9 Å². The molecule has 0 aliphatic heterocycles. The number of para-hydroxylation sites is 1. The molecule has 1 fully saturated rings. The zero-order valence-corrected chi connectivity index (χ0v) is 19.9. The molecule has 0 radical (unpaired) electrons. The molecule has 0 unspecified atom stereocenters. The van der Waals surface area contributed by atoms with Crippen LogP contribution in [-0.4, -0.2) is 28.8 Å².